The molecule has 1 aromatic heterocycles. The van der Waals surface area contributed by atoms with Crippen LogP contribution in [0.3, 0.4) is 0 Å². The van der Waals surface area contributed by atoms with E-state index >= 15 is 0 Å². The van der Waals surface area contributed by atoms with E-state index in [1.165, 1.54) is 15.6 Å². The van der Waals surface area contributed by atoms with Gasteiger partial charge < -0.3 is 0 Å². The highest BCUT2D eigenvalue weighted by molar-refractivity contribution is 7.21. The number of rotatable bonds is 2. The number of Topliss-reactive ketones (excluding diaryl/α,β-unsaturated/α-hetero) is 1. The summed E-state index contributed by atoms with van der Waals surface area (Å²) >= 11 is 1.60. The number of carbonyl (C=O) groups is 1. The lowest BCUT2D eigenvalue weighted by Gasteiger charge is -1.97. The maximum Gasteiger partial charge on any atom is 0.170 e. The predicted octanol–water partition coefficient (Wildman–Crippen LogP) is 3.97. The molecule has 0 radical (unpaired) electrons. The number of hydrogen-bond donors (Lipinski definition) is 0. The molecule has 2 aromatic rings. The fourth-order valence-electron chi connectivity index (χ4n) is 1.82. The van der Waals surface area contributed by atoms with E-state index in [2.05, 4.69) is 25.1 Å². The van der Waals surface area contributed by atoms with Crippen molar-refractivity contribution in [2.45, 2.75) is 27.2 Å². The Morgan fingerprint density at radius 2 is 2.13 bits per heavy atom. The number of carbonyl (C=O) groups excluding carboxylic acids is 1. The molecule has 2 heteroatoms. The number of thiophene rings is 1. The van der Waals surface area contributed by atoms with Gasteiger partial charge in [0, 0.05) is 4.70 Å². The van der Waals surface area contributed by atoms with Gasteiger partial charge in [-0.2, -0.15) is 0 Å². The normalized spacial score (nSPS) is 10.9. The van der Waals surface area contributed by atoms with E-state index in [1.54, 1.807) is 18.3 Å². The third kappa shape index (κ3) is 1.70. The molecule has 15 heavy (non-hydrogen) atoms. The van der Waals surface area contributed by atoms with Crippen LogP contribution in [-0.2, 0) is 6.42 Å². The Morgan fingerprint density at radius 1 is 1.40 bits per heavy atom. The second kappa shape index (κ2) is 3.78. The zero-order chi connectivity index (χ0) is 11.0. The van der Waals surface area contributed by atoms with Gasteiger partial charge in [0.15, 0.2) is 5.78 Å². The van der Waals surface area contributed by atoms with Gasteiger partial charge in [-0.25, -0.2) is 0 Å². The highest BCUT2D eigenvalue weighted by atomic mass is 32.1. The van der Waals surface area contributed by atoms with Crippen LogP contribution in [0.25, 0.3) is 10.1 Å². The molecule has 0 fully saturated rings. The fourth-order valence-corrected chi connectivity index (χ4v) is 2.91. The molecule has 2 rings (SSSR count). The van der Waals surface area contributed by atoms with Crippen molar-refractivity contribution < 1.29 is 4.79 Å². The number of benzene rings is 1. The molecule has 78 valence electrons. The first-order valence-electron chi connectivity index (χ1n) is 5.16. The standard InChI is InChI=1S/C13H14OS/c1-4-10-5-6-12-11(7-10)8(2)13(15-12)9(3)14/h5-7H,4H2,1-3H3. The maximum absolute atomic E-state index is 11.4. The molecule has 0 unspecified atom stereocenters. The van der Waals surface area contributed by atoms with Crippen molar-refractivity contribution in [1.29, 1.82) is 0 Å². The third-order valence-corrected chi connectivity index (χ3v) is 4.10. The van der Waals surface area contributed by atoms with Crippen LogP contribution in [-0.4, -0.2) is 5.78 Å². The van der Waals surface area contributed by atoms with Crippen LogP contribution in [0.15, 0.2) is 18.2 Å². The zero-order valence-corrected chi connectivity index (χ0v) is 10.1. The SMILES string of the molecule is CCc1ccc2sc(C(C)=O)c(C)c2c1. The summed E-state index contributed by atoms with van der Waals surface area (Å²) in [5.41, 5.74) is 2.47. The first-order valence-corrected chi connectivity index (χ1v) is 5.98. The van der Waals surface area contributed by atoms with Crippen molar-refractivity contribution in [1.82, 2.24) is 0 Å². The summed E-state index contributed by atoms with van der Waals surface area (Å²) in [4.78, 5) is 12.3. The first-order chi connectivity index (χ1) is 7.13. The van der Waals surface area contributed by atoms with Gasteiger partial charge >= 0.3 is 0 Å². The number of hydrogen-bond acceptors (Lipinski definition) is 2. The monoisotopic (exact) mass is 218 g/mol. The summed E-state index contributed by atoms with van der Waals surface area (Å²) in [5.74, 6) is 0.173. The second-order valence-corrected chi connectivity index (χ2v) is 4.85. The van der Waals surface area contributed by atoms with Gasteiger partial charge in [-0.1, -0.05) is 19.1 Å². The second-order valence-electron chi connectivity index (χ2n) is 3.80. The van der Waals surface area contributed by atoms with Crippen LogP contribution in [0.4, 0.5) is 0 Å². The topological polar surface area (TPSA) is 17.1 Å². The molecule has 0 spiro atoms. The van der Waals surface area contributed by atoms with Crippen LogP contribution in [0, 0.1) is 6.92 Å². The Morgan fingerprint density at radius 3 is 2.73 bits per heavy atom. The van der Waals surface area contributed by atoms with E-state index in [0.717, 1.165) is 16.9 Å². The molecule has 0 saturated heterocycles. The molecule has 0 aliphatic carbocycles. The molecule has 0 aliphatic rings. The number of aryl methyl sites for hydroxylation is 2. The Labute approximate surface area is 93.7 Å². The van der Waals surface area contributed by atoms with Gasteiger partial charge in [0.25, 0.3) is 0 Å². The van der Waals surface area contributed by atoms with Crippen molar-refractivity contribution in [3.63, 3.8) is 0 Å². The molecule has 0 N–H and O–H groups in total. The highest BCUT2D eigenvalue weighted by Crippen LogP contribution is 2.31. The van der Waals surface area contributed by atoms with Gasteiger partial charge in [-0.15, -0.1) is 11.3 Å². The van der Waals surface area contributed by atoms with Crippen molar-refractivity contribution in [2.24, 2.45) is 0 Å². The lowest BCUT2D eigenvalue weighted by molar-refractivity contribution is 0.102. The molecular weight excluding hydrogens is 204 g/mol. The first kappa shape index (κ1) is 10.4. The Bertz CT molecular complexity index is 523. The molecule has 1 heterocycles. The van der Waals surface area contributed by atoms with E-state index in [-0.39, 0.29) is 5.78 Å². The Balaban J connectivity index is 2.72. The smallest absolute Gasteiger partial charge is 0.170 e. The highest BCUT2D eigenvalue weighted by Gasteiger charge is 2.11. The van der Waals surface area contributed by atoms with Gasteiger partial charge in [0.1, 0.15) is 0 Å². The summed E-state index contributed by atoms with van der Waals surface area (Å²) in [7, 11) is 0. The van der Waals surface area contributed by atoms with E-state index in [9.17, 15) is 4.79 Å². The summed E-state index contributed by atoms with van der Waals surface area (Å²) < 4.78 is 1.22. The summed E-state index contributed by atoms with van der Waals surface area (Å²) in [5, 5.41) is 1.24. The lowest BCUT2D eigenvalue weighted by atomic mass is 10.1. The fraction of sp³-hybridized carbons (Fsp3) is 0.308. The maximum atomic E-state index is 11.4. The van der Waals surface area contributed by atoms with Crippen molar-refractivity contribution in [2.75, 3.05) is 0 Å². The molecule has 0 bridgehead atoms. The molecule has 0 atom stereocenters. The number of fused-ring (bicyclic) bond motifs is 1. The van der Waals surface area contributed by atoms with Crippen LogP contribution < -0.4 is 0 Å². The zero-order valence-electron chi connectivity index (χ0n) is 9.26. The predicted molar refractivity (Wildman–Crippen MR) is 65.9 cm³/mol. The minimum Gasteiger partial charge on any atom is -0.294 e. The molecule has 0 saturated carbocycles. The summed E-state index contributed by atoms with van der Waals surface area (Å²) in [6, 6.07) is 6.47. The van der Waals surface area contributed by atoms with E-state index < -0.39 is 0 Å². The lowest BCUT2D eigenvalue weighted by Crippen LogP contribution is -1.89. The van der Waals surface area contributed by atoms with Crippen molar-refractivity contribution in [3.8, 4) is 0 Å². The average molecular weight is 218 g/mol. The Hall–Kier alpha value is -1.15. The van der Waals surface area contributed by atoms with E-state index in [1.807, 2.05) is 6.92 Å². The molecule has 1 aromatic carbocycles. The van der Waals surface area contributed by atoms with Gasteiger partial charge in [0.2, 0.25) is 0 Å². The van der Waals surface area contributed by atoms with E-state index in [4.69, 9.17) is 0 Å². The quantitative estimate of drug-likeness (QED) is 0.697. The minimum absolute atomic E-state index is 0.173. The molecule has 1 nitrogen and oxygen atoms in total. The van der Waals surface area contributed by atoms with E-state index in [0.29, 0.717) is 0 Å². The van der Waals surface area contributed by atoms with Crippen LogP contribution in [0.1, 0.15) is 34.6 Å². The summed E-state index contributed by atoms with van der Waals surface area (Å²) in [6.07, 6.45) is 1.04. The summed E-state index contributed by atoms with van der Waals surface area (Å²) in [6.45, 7) is 5.82. The number of ketones is 1. The Kier molecular flexibility index (Phi) is 2.61. The largest absolute Gasteiger partial charge is 0.294 e. The average Bonchev–Trinajstić information content (AvgIpc) is 2.56. The van der Waals surface area contributed by atoms with Gasteiger partial charge in [-0.3, -0.25) is 4.79 Å². The van der Waals surface area contributed by atoms with Crippen LogP contribution in [0.2, 0.25) is 0 Å². The van der Waals surface area contributed by atoms with Crippen LogP contribution in [0.5, 0.6) is 0 Å². The minimum atomic E-state index is 0.173. The van der Waals surface area contributed by atoms with Crippen LogP contribution >= 0.6 is 11.3 Å². The van der Waals surface area contributed by atoms with Crippen molar-refractivity contribution >= 4 is 27.2 Å². The molecule has 0 aliphatic heterocycles. The molecule has 0 amide bonds. The van der Waals surface area contributed by atoms with Gasteiger partial charge in [-0.05, 0) is 42.8 Å². The van der Waals surface area contributed by atoms with Crippen molar-refractivity contribution in [3.05, 3.63) is 34.2 Å². The van der Waals surface area contributed by atoms with Gasteiger partial charge in [0.05, 0.1) is 4.88 Å². The molecular formula is C13H14OS. The third-order valence-electron chi connectivity index (χ3n) is 2.73.